The molecule has 0 saturated carbocycles. The van der Waals surface area contributed by atoms with Gasteiger partial charge in [0.25, 0.3) is 0 Å². The van der Waals surface area contributed by atoms with Crippen LogP contribution in [0.15, 0.2) is 23.8 Å². The average molecular weight is 319 g/mol. The molecule has 5 heteroatoms. The van der Waals surface area contributed by atoms with Crippen molar-refractivity contribution in [2.24, 2.45) is 17.6 Å². The van der Waals surface area contributed by atoms with Crippen LogP contribution in [0, 0.1) is 11.8 Å². The zero-order valence-corrected chi connectivity index (χ0v) is 14.1. The van der Waals surface area contributed by atoms with Crippen LogP contribution in [0.5, 0.6) is 0 Å². The van der Waals surface area contributed by atoms with Gasteiger partial charge in [0.05, 0.1) is 5.70 Å². The Morgan fingerprint density at radius 3 is 1.96 bits per heavy atom. The molecule has 0 unspecified atom stereocenters. The lowest BCUT2D eigenvalue weighted by Crippen LogP contribution is -2.19. The van der Waals surface area contributed by atoms with Crippen molar-refractivity contribution >= 4 is 17.6 Å². The summed E-state index contributed by atoms with van der Waals surface area (Å²) >= 11 is 0. The highest BCUT2D eigenvalue weighted by Crippen LogP contribution is 2.26. The quantitative estimate of drug-likeness (QED) is 0.407. The standard InChI is InChI=1S/C18H25NO4/c1-10(2)8-12-6-5-7-13(14(12)9-11(3)4)16(19)15(17(20)21)18(22)23/h5-7,10-11H,8-9,19H2,1-4H3,(H,20,21)(H,22,23). The molecule has 0 spiro atoms. The van der Waals surface area contributed by atoms with Crippen molar-refractivity contribution in [2.75, 3.05) is 0 Å². The highest BCUT2D eigenvalue weighted by Gasteiger charge is 2.24. The molecule has 0 atom stereocenters. The fourth-order valence-corrected chi connectivity index (χ4v) is 2.62. The van der Waals surface area contributed by atoms with Crippen molar-refractivity contribution < 1.29 is 19.8 Å². The number of aliphatic carboxylic acids is 2. The van der Waals surface area contributed by atoms with Crippen LogP contribution >= 0.6 is 0 Å². The molecule has 0 amide bonds. The minimum absolute atomic E-state index is 0.189. The molecule has 0 bridgehead atoms. The van der Waals surface area contributed by atoms with Crippen LogP contribution < -0.4 is 5.73 Å². The third-order valence-electron chi connectivity index (χ3n) is 3.50. The minimum Gasteiger partial charge on any atom is -0.477 e. The Bertz CT molecular complexity index is 614. The van der Waals surface area contributed by atoms with Crippen molar-refractivity contribution in [3.05, 3.63) is 40.5 Å². The lowest BCUT2D eigenvalue weighted by Gasteiger charge is -2.19. The predicted molar refractivity (Wildman–Crippen MR) is 89.9 cm³/mol. The second kappa shape index (κ2) is 7.81. The van der Waals surface area contributed by atoms with E-state index in [0.717, 1.165) is 17.5 Å². The Morgan fingerprint density at radius 2 is 1.52 bits per heavy atom. The SMILES string of the molecule is CC(C)Cc1cccc(C(N)=C(C(=O)O)C(=O)O)c1CC(C)C. The van der Waals surface area contributed by atoms with Gasteiger partial charge in [0.15, 0.2) is 5.57 Å². The van der Waals surface area contributed by atoms with Gasteiger partial charge in [-0.3, -0.25) is 0 Å². The van der Waals surface area contributed by atoms with Crippen molar-refractivity contribution in [3.63, 3.8) is 0 Å². The van der Waals surface area contributed by atoms with E-state index in [1.807, 2.05) is 6.07 Å². The van der Waals surface area contributed by atoms with Gasteiger partial charge in [-0.15, -0.1) is 0 Å². The van der Waals surface area contributed by atoms with Gasteiger partial charge >= 0.3 is 11.9 Å². The largest absolute Gasteiger partial charge is 0.477 e. The Kier molecular flexibility index (Phi) is 6.37. The van der Waals surface area contributed by atoms with Crippen LogP contribution in [0.4, 0.5) is 0 Å². The summed E-state index contributed by atoms with van der Waals surface area (Å²) in [6.45, 7) is 8.33. The van der Waals surface area contributed by atoms with Crippen molar-refractivity contribution in [3.8, 4) is 0 Å². The molecule has 23 heavy (non-hydrogen) atoms. The monoisotopic (exact) mass is 319 g/mol. The molecule has 0 saturated heterocycles. The number of hydrogen-bond acceptors (Lipinski definition) is 3. The molecular weight excluding hydrogens is 294 g/mol. The van der Waals surface area contributed by atoms with Crippen LogP contribution in [0.2, 0.25) is 0 Å². The van der Waals surface area contributed by atoms with Crippen LogP contribution in [-0.2, 0) is 22.4 Å². The zero-order valence-electron chi connectivity index (χ0n) is 14.1. The summed E-state index contributed by atoms with van der Waals surface area (Å²) in [7, 11) is 0. The van der Waals surface area contributed by atoms with Gasteiger partial charge in [-0.1, -0.05) is 45.9 Å². The number of carboxylic acid groups (broad SMARTS) is 2. The molecule has 1 rings (SSSR count). The van der Waals surface area contributed by atoms with Crippen molar-refractivity contribution in [1.82, 2.24) is 0 Å². The fourth-order valence-electron chi connectivity index (χ4n) is 2.62. The van der Waals surface area contributed by atoms with Gasteiger partial charge < -0.3 is 15.9 Å². The van der Waals surface area contributed by atoms with E-state index in [4.69, 9.17) is 15.9 Å². The van der Waals surface area contributed by atoms with Gasteiger partial charge in [0, 0.05) is 5.56 Å². The first-order valence-corrected chi connectivity index (χ1v) is 7.72. The lowest BCUT2D eigenvalue weighted by atomic mass is 9.87. The Morgan fingerprint density at radius 1 is 1.00 bits per heavy atom. The second-order valence-electron chi connectivity index (χ2n) is 6.54. The van der Waals surface area contributed by atoms with Gasteiger partial charge in [0.1, 0.15) is 0 Å². The third kappa shape index (κ3) is 4.84. The average Bonchev–Trinajstić information content (AvgIpc) is 2.38. The first kappa shape index (κ1) is 18.7. The molecule has 5 nitrogen and oxygen atoms in total. The smallest absolute Gasteiger partial charge is 0.345 e. The zero-order chi connectivity index (χ0) is 17.7. The highest BCUT2D eigenvalue weighted by molar-refractivity contribution is 6.18. The summed E-state index contributed by atoms with van der Waals surface area (Å²) in [5.74, 6) is -2.28. The second-order valence-corrected chi connectivity index (χ2v) is 6.54. The number of hydrogen-bond donors (Lipinski definition) is 3. The predicted octanol–water partition coefficient (Wildman–Crippen LogP) is 2.92. The molecule has 0 aliphatic carbocycles. The lowest BCUT2D eigenvalue weighted by molar-refractivity contribution is -0.140. The normalized spacial score (nSPS) is 10.9. The van der Waals surface area contributed by atoms with E-state index in [-0.39, 0.29) is 5.70 Å². The van der Waals surface area contributed by atoms with E-state index < -0.39 is 17.5 Å². The van der Waals surface area contributed by atoms with E-state index >= 15 is 0 Å². The van der Waals surface area contributed by atoms with Crippen LogP contribution in [0.25, 0.3) is 5.70 Å². The summed E-state index contributed by atoms with van der Waals surface area (Å²) in [5.41, 5.74) is 7.50. The van der Waals surface area contributed by atoms with Crippen molar-refractivity contribution in [1.29, 1.82) is 0 Å². The molecule has 126 valence electrons. The summed E-state index contributed by atoms with van der Waals surface area (Å²) in [4.78, 5) is 22.5. The summed E-state index contributed by atoms with van der Waals surface area (Å²) in [6.07, 6.45) is 1.55. The highest BCUT2D eigenvalue weighted by atomic mass is 16.4. The molecule has 1 aromatic carbocycles. The van der Waals surface area contributed by atoms with Gasteiger partial charge in [-0.05, 0) is 35.8 Å². The van der Waals surface area contributed by atoms with E-state index in [9.17, 15) is 9.59 Å². The van der Waals surface area contributed by atoms with Crippen LogP contribution in [0.3, 0.4) is 0 Å². The Hall–Kier alpha value is -2.30. The maximum absolute atomic E-state index is 11.2. The summed E-state index contributed by atoms with van der Waals surface area (Å²) < 4.78 is 0. The van der Waals surface area contributed by atoms with Gasteiger partial charge in [0.2, 0.25) is 0 Å². The number of carbonyl (C=O) groups is 2. The van der Waals surface area contributed by atoms with E-state index in [1.165, 1.54) is 0 Å². The molecule has 0 aliphatic heterocycles. The van der Waals surface area contributed by atoms with Crippen LogP contribution in [-0.4, -0.2) is 22.2 Å². The van der Waals surface area contributed by atoms with Gasteiger partial charge in [-0.2, -0.15) is 0 Å². The molecule has 0 radical (unpaired) electrons. The first-order chi connectivity index (χ1) is 10.6. The fraction of sp³-hybridized carbons (Fsp3) is 0.444. The molecule has 0 aliphatic rings. The number of nitrogens with two attached hydrogens (primary N) is 1. The Balaban J connectivity index is 3.59. The maximum atomic E-state index is 11.2. The van der Waals surface area contributed by atoms with E-state index in [2.05, 4.69) is 27.7 Å². The minimum atomic E-state index is -1.53. The number of carboxylic acids is 2. The maximum Gasteiger partial charge on any atom is 0.345 e. The van der Waals surface area contributed by atoms with E-state index in [1.54, 1.807) is 12.1 Å². The molecule has 1 aromatic rings. The molecule has 0 fully saturated rings. The first-order valence-electron chi connectivity index (χ1n) is 7.72. The number of benzene rings is 1. The van der Waals surface area contributed by atoms with Crippen LogP contribution in [0.1, 0.15) is 44.4 Å². The van der Waals surface area contributed by atoms with E-state index in [0.29, 0.717) is 23.8 Å². The molecule has 0 aromatic heterocycles. The Labute approximate surface area is 136 Å². The van der Waals surface area contributed by atoms with Crippen molar-refractivity contribution in [2.45, 2.75) is 40.5 Å². The topological polar surface area (TPSA) is 101 Å². The molecule has 0 heterocycles. The summed E-state index contributed by atoms with van der Waals surface area (Å²) in [5, 5.41) is 18.3. The summed E-state index contributed by atoms with van der Waals surface area (Å²) in [6, 6.07) is 5.49. The molecule has 4 N–H and O–H groups in total. The van der Waals surface area contributed by atoms with Gasteiger partial charge in [-0.25, -0.2) is 9.59 Å². The number of rotatable bonds is 7. The molecular formula is C18H25NO4. The third-order valence-corrected chi connectivity index (χ3v) is 3.50.